The van der Waals surface area contributed by atoms with Crippen LogP contribution in [0.5, 0.6) is 0 Å². The highest BCUT2D eigenvalue weighted by Gasteiger charge is 2.30. The van der Waals surface area contributed by atoms with Gasteiger partial charge >= 0.3 is 0 Å². The molecule has 0 unspecified atom stereocenters. The number of piperidine rings is 1. The molecule has 16 heavy (non-hydrogen) atoms. The van der Waals surface area contributed by atoms with Crippen molar-refractivity contribution in [2.45, 2.75) is 25.4 Å². The molecule has 1 aromatic rings. The van der Waals surface area contributed by atoms with Crippen LogP contribution in [0.15, 0.2) is 12.3 Å². The maximum Gasteiger partial charge on any atom is 0.272 e. The van der Waals surface area contributed by atoms with E-state index in [0.29, 0.717) is 31.6 Å². The van der Waals surface area contributed by atoms with E-state index < -0.39 is 5.60 Å². The first-order valence-electron chi connectivity index (χ1n) is 5.49. The molecule has 0 radical (unpaired) electrons. The molecule has 1 N–H and O–H groups in total. The predicted molar refractivity (Wildman–Crippen MR) is 59.0 cm³/mol. The molecule has 5 heteroatoms. The van der Waals surface area contributed by atoms with Gasteiger partial charge in [0.2, 0.25) is 0 Å². The quantitative estimate of drug-likeness (QED) is 0.750. The molecule has 0 atom stereocenters. The van der Waals surface area contributed by atoms with Crippen molar-refractivity contribution in [1.82, 2.24) is 14.7 Å². The molecule has 1 fully saturated rings. The van der Waals surface area contributed by atoms with Gasteiger partial charge in [0.25, 0.3) is 5.91 Å². The average Bonchev–Trinajstić information content (AvgIpc) is 2.63. The van der Waals surface area contributed by atoms with Gasteiger partial charge in [-0.1, -0.05) is 0 Å². The second-order valence-electron chi connectivity index (χ2n) is 4.63. The first-order valence-corrected chi connectivity index (χ1v) is 5.49. The molecule has 0 aromatic carbocycles. The molecule has 1 aliphatic heterocycles. The van der Waals surface area contributed by atoms with Gasteiger partial charge in [-0.05, 0) is 25.8 Å². The summed E-state index contributed by atoms with van der Waals surface area (Å²) in [7, 11) is 1.76. The summed E-state index contributed by atoms with van der Waals surface area (Å²) in [6.45, 7) is 3.03. The maximum absolute atomic E-state index is 12.1. The molecule has 0 saturated carbocycles. The number of carbonyl (C=O) groups excluding carboxylic acids is 1. The summed E-state index contributed by atoms with van der Waals surface area (Å²) in [5.41, 5.74) is -0.0231. The van der Waals surface area contributed by atoms with Gasteiger partial charge in [-0.15, -0.1) is 0 Å². The lowest BCUT2D eigenvalue weighted by Gasteiger charge is -2.35. The molecule has 0 bridgehead atoms. The molecular weight excluding hydrogens is 206 g/mol. The van der Waals surface area contributed by atoms with Crippen LogP contribution in [-0.4, -0.2) is 44.4 Å². The van der Waals surface area contributed by atoms with E-state index in [9.17, 15) is 9.90 Å². The fourth-order valence-electron chi connectivity index (χ4n) is 1.94. The lowest BCUT2D eigenvalue weighted by atomic mass is 9.94. The van der Waals surface area contributed by atoms with Gasteiger partial charge < -0.3 is 10.0 Å². The smallest absolute Gasteiger partial charge is 0.272 e. The van der Waals surface area contributed by atoms with Gasteiger partial charge in [-0.3, -0.25) is 9.48 Å². The summed E-state index contributed by atoms with van der Waals surface area (Å²) >= 11 is 0. The third-order valence-electron chi connectivity index (χ3n) is 3.17. The van der Waals surface area contributed by atoms with Gasteiger partial charge in [0.05, 0.1) is 5.60 Å². The van der Waals surface area contributed by atoms with Gasteiger partial charge in [0.15, 0.2) is 0 Å². The number of amides is 1. The summed E-state index contributed by atoms with van der Waals surface area (Å²) in [5, 5.41) is 13.8. The van der Waals surface area contributed by atoms with Crippen LogP contribution in [0.25, 0.3) is 0 Å². The molecule has 0 aliphatic carbocycles. The Morgan fingerprint density at radius 2 is 2.12 bits per heavy atom. The van der Waals surface area contributed by atoms with E-state index in [-0.39, 0.29) is 5.91 Å². The van der Waals surface area contributed by atoms with Crippen LogP contribution in [0.3, 0.4) is 0 Å². The summed E-state index contributed by atoms with van der Waals surface area (Å²) in [5.74, 6) is -0.00417. The van der Waals surface area contributed by atoms with Crippen LogP contribution < -0.4 is 0 Å². The van der Waals surface area contributed by atoms with Crippen molar-refractivity contribution in [3.8, 4) is 0 Å². The fourth-order valence-corrected chi connectivity index (χ4v) is 1.94. The fraction of sp³-hybridized carbons (Fsp3) is 0.636. The molecule has 1 saturated heterocycles. The number of carbonyl (C=O) groups is 1. The van der Waals surface area contributed by atoms with Crippen molar-refractivity contribution in [3.05, 3.63) is 18.0 Å². The SMILES string of the molecule is Cn1nccc1C(=O)N1CCC(C)(O)CC1. The highest BCUT2D eigenvalue weighted by molar-refractivity contribution is 5.92. The zero-order valence-electron chi connectivity index (χ0n) is 9.68. The van der Waals surface area contributed by atoms with E-state index in [4.69, 9.17) is 0 Å². The number of hydrogen-bond acceptors (Lipinski definition) is 3. The average molecular weight is 223 g/mol. The van der Waals surface area contributed by atoms with Crippen molar-refractivity contribution >= 4 is 5.91 Å². The minimum absolute atomic E-state index is 0.00417. The van der Waals surface area contributed by atoms with Crippen molar-refractivity contribution < 1.29 is 9.90 Å². The minimum atomic E-state index is -0.622. The van der Waals surface area contributed by atoms with Crippen LogP contribution in [0.1, 0.15) is 30.3 Å². The van der Waals surface area contributed by atoms with Crippen LogP contribution in [0.4, 0.5) is 0 Å². The highest BCUT2D eigenvalue weighted by atomic mass is 16.3. The second-order valence-corrected chi connectivity index (χ2v) is 4.63. The third kappa shape index (κ3) is 2.09. The summed E-state index contributed by atoms with van der Waals surface area (Å²) in [6, 6.07) is 1.72. The van der Waals surface area contributed by atoms with E-state index in [1.54, 1.807) is 28.9 Å². The van der Waals surface area contributed by atoms with E-state index >= 15 is 0 Å². The second kappa shape index (κ2) is 3.90. The normalized spacial score (nSPS) is 19.8. The molecular formula is C11H17N3O2. The number of rotatable bonds is 1. The number of aliphatic hydroxyl groups is 1. The van der Waals surface area contributed by atoms with Crippen LogP contribution >= 0.6 is 0 Å². The summed E-state index contributed by atoms with van der Waals surface area (Å²) in [6.07, 6.45) is 2.89. The van der Waals surface area contributed by atoms with Crippen molar-refractivity contribution in [2.24, 2.45) is 7.05 Å². The van der Waals surface area contributed by atoms with E-state index in [1.807, 2.05) is 6.92 Å². The number of aryl methyl sites for hydroxylation is 1. The maximum atomic E-state index is 12.1. The lowest BCUT2D eigenvalue weighted by Crippen LogP contribution is -2.45. The van der Waals surface area contributed by atoms with Gasteiger partial charge in [0.1, 0.15) is 5.69 Å². The summed E-state index contributed by atoms with van der Waals surface area (Å²) < 4.78 is 1.58. The van der Waals surface area contributed by atoms with Gasteiger partial charge in [0, 0.05) is 26.3 Å². The van der Waals surface area contributed by atoms with Crippen molar-refractivity contribution in [2.75, 3.05) is 13.1 Å². The van der Waals surface area contributed by atoms with E-state index in [2.05, 4.69) is 5.10 Å². The Labute approximate surface area is 94.7 Å². The summed E-state index contributed by atoms with van der Waals surface area (Å²) in [4.78, 5) is 13.8. The molecule has 2 heterocycles. The Kier molecular flexibility index (Phi) is 2.71. The van der Waals surface area contributed by atoms with Crippen molar-refractivity contribution in [3.63, 3.8) is 0 Å². The van der Waals surface area contributed by atoms with E-state index in [1.165, 1.54) is 0 Å². The minimum Gasteiger partial charge on any atom is -0.390 e. The molecule has 0 spiro atoms. The van der Waals surface area contributed by atoms with E-state index in [0.717, 1.165) is 0 Å². The lowest BCUT2D eigenvalue weighted by molar-refractivity contribution is -0.00231. The van der Waals surface area contributed by atoms with Gasteiger partial charge in [-0.25, -0.2) is 0 Å². The van der Waals surface area contributed by atoms with Crippen LogP contribution in [0.2, 0.25) is 0 Å². The Bertz CT molecular complexity index is 388. The number of nitrogens with zero attached hydrogens (tertiary/aromatic N) is 3. The topological polar surface area (TPSA) is 58.4 Å². The first kappa shape index (κ1) is 11.1. The zero-order chi connectivity index (χ0) is 11.8. The Morgan fingerprint density at radius 1 is 1.50 bits per heavy atom. The standard InChI is InChI=1S/C11H17N3O2/c1-11(16)4-7-14(8-5-11)10(15)9-3-6-12-13(9)2/h3,6,16H,4-5,7-8H2,1-2H3. The monoisotopic (exact) mass is 223 g/mol. The first-order chi connectivity index (χ1) is 7.49. The molecule has 1 amide bonds. The van der Waals surface area contributed by atoms with Gasteiger partial charge in [-0.2, -0.15) is 5.10 Å². The predicted octanol–water partition coefficient (Wildman–Crippen LogP) is 0.407. The number of aromatic nitrogens is 2. The molecule has 1 aromatic heterocycles. The van der Waals surface area contributed by atoms with Crippen molar-refractivity contribution in [1.29, 1.82) is 0 Å². The third-order valence-corrected chi connectivity index (χ3v) is 3.17. The molecule has 1 aliphatic rings. The Balaban J connectivity index is 2.05. The molecule has 2 rings (SSSR count). The molecule has 88 valence electrons. The Hall–Kier alpha value is -1.36. The largest absolute Gasteiger partial charge is 0.390 e. The number of hydrogen-bond donors (Lipinski definition) is 1. The van der Waals surface area contributed by atoms with Crippen LogP contribution in [0, 0.1) is 0 Å². The zero-order valence-corrected chi connectivity index (χ0v) is 9.68. The van der Waals surface area contributed by atoms with Crippen LogP contribution in [-0.2, 0) is 7.05 Å². The Morgan fingerprint density at radius 3 is 2.62 bits per heavy atom. The highest BCUT2D eigenvalue weighted by Crippen LogP contribution is 2.22. The number of likely N-dealkylation sites (tertiary alicyclic amines) is 1. The molecule has 5 nitrogen and oxygen atoms in total.